The Bertz CT molecular complexity index is 449. The second kappa shape index (κ2) is 7.29. The van der Waals surface area contributed by atoms with Crippen LogP contribution in [0.3, 0.4) is 0 Å². The summed E-state index contributed by atoms with van der Waals surface area (Å²) in [5, 5.41) is 3.37. The number of hydrogen-bond acceptors (Lipinski definition) is 3. The summed E-state index contributed by atoms with van der Waals surface area (Å²) in [6, 6.07) is 4.08. The SMILES string of the molecule is CCOC1CC(NC(C)Cc2c(F)cccc2F)C1OC. The van der Waals surface area contributed by atoms with E-state index in [-0.39, 0.29) is 29.9 Å². The molecule has 0 spiro atoms. The van der Waals surface area contributed by atoms with E-state index < -0.39 is 11.6 Å². The molecule has 1 N–H and O–H groups in total. The normalized spacial score (nSPS) is 26.4. The first-order valence-corrected chi connectivity index (χ1v) is 7.40. The van der Waals surface area contributed by atoms with Crippen LogP contribution in [-0.2, 0) is 15.9 Å². The van der Waals surface area contributed by atoms with Crippen molar-refractivity contribution in [2.45, 2.75) is 51.0 Å². The topological polar surface area (TPSA) is 30.5 Å². The molecule has 0 aromatic heterocycles. The van der Waals surface area contributed by atoms with Gasteiger partial charge in [-0.1, -0.05) is 6.07 Å². The van der Waals surface area contributed by atoms with Crippen LogP contribution in [0, 0.1) is 11.6 Å². The zero-order valence-electron chi connectivity index (χ0n) is 12.7. The van der Waals surface area contributed by atoms with Gasteiger partial charge in [-0.2, -0.15) is 0 Å². The summed E-state index contributed by atoms with van der Waals surface area (Å²) >= 11 is 0. The smallest absolute Gasteiger partial charge is 0.129 e. The first kappa shape index (κ1) is 16.3. The van der Waals surface area contributed by atoms with Crippen molar-refractivity contribution in [2.75, 3.05) is 13.7 Å². The summed E-state index contributed by atoms with van der Waals surface area (Å²) < 4.78 is 38.3. The molecule has 0 saturated heterocycles. The highest BCUT2D eigenvalue weighted by Gasteiger charge is 2.42. The predicted octanol–water partition coefficient (Wildman–Crippen LogP) is 2.68. The highest BCUT2D eigenvalue weighted by molar-refractivity contribution is 5.20. The Balaban J connectivity index is 1.89. The fraction of sp³-hybridized carbons (Fsp3) is 0.625. The van der Waals surface area contributed by atoms with Gasteiger partial charge in [0.05, 0.1) is 12.2 Å². The number of benzene rings is 1. The van der Waals surface area contributed by atoms with Gasteiger partial charge in [-0.3, -0.25) is 0 Å². The molecule has 2 rings (SSSR count). The van der Waals surface area contributed by atoms with Crippen molar-refractivity contribution < 1.29 is 18.3 Å². The minimum absolute atomic E-state index is 0.00197. The maximum Gasteiger partial charge on any atom is 0.129 e. The van der Waals surface area contributed by atoms with Gasteiger partial charge in [-0.15, -0.1) is 0 Å². The van der Waals surface area contributed by atoms with Crippen LogP contribution in [0.25, 0.3) is 0 Å². The molecule has 1 aromatic rings. The quantitative estimate of drug-likeness (QED) is 0.839. The van der Waals surface area contributed by atoms with E-state index >= 15 is 0 Å². The Morgan fingerprint density at radius 3 is 2.57 bits per heavy atom. The molecule has 1 aromatic carbocycles. The number of rotatable bonds is 7. The summed E-state index contributed by atoms with van der Waals surface area (Å²) in [6.07, 6.45) is 1.27. The maximum absolute atomic E-state index is 13.6. The zero-order chi connectivity index (χ0) is 15.4. The molecule has 1 saturated carbocycles. The average molecular weight is 299 g/mol. The number of methoxy groups -OCH3 is 1. The Morgan fingerprint density at radius 2 is 2.00 bits per heavy atom. The Labute approximate surface area is 124 Å². The van der Waals surface area contributed by atoms with E-state index in [0.717, 1.165) is 6.42 Å². The lowest BCUT2D eigenvalue weighted by atomic mass is 9.84. The molecule has 0 bridgehead atoms. The lowest BCUT2D eigenvalue weighted by Gasteiger charge is -2.44. The molecule has 4 unspecified atom stereocenters. The van der Waals surface area contributed by atoms with E-state index in [9.17, 15) is 8.78 Å². The largest absolute Gasteiger partial charge is 0.377 e. The summed E-state index contributed by atoms with van der Waals surface area (Å²) in [5.41, 5.74) is 0.132. The van der Waals surface area contributed by atoms with Crippen molar-refractivity contribution in [3.63, 3.8) is 0 Å². The number of nitrogens with one attached hydrogen (secondary N) is 1. The Kier molecular flexibility index (Phi) is 5.67. The van der Waals surface area contributed by atoms with Gasteiger partial charge >= 0.3 is 0 Å². The van der Waals surface area contributed by atoms with Crippen LogP contribution in [0.1, 0.15) is 25.8 Å². The summed E-state index contributed by atoms with van der Waals surface area (Å²) in [5.74, 6) is -0.986. The standard InChI is InChI=1S/C16H23F2NO2/c1-4-21-15-9-14(16(15)20-3)19-10(2)8-11-12(17)6-5-7-13(11)18/h5-7,10,14-16,19H,4,8-9H2,1-3H3. The van der Waals surface area contributed by atoms with Crippen molar-refractivity contribution in [2.24, 2.45) is 0 Å². The number of hydrogen-bond donors (Lipinski definition) is 1. The van der Waals surface area contributed by atoms with E-state index in [1.807, 2.05) is 13.8 Å². The Hall–Kier alpha value is -1.04. The average Bonchev–Trinajstić information content (AvgIpc) is 2.42. The van der Waals surface area contributed by atoms with Gasteiger partial charge in [0.1, 0.15) is 11.6 Å². The van der Waals surface area contributed by atoms with Gasteiger partial charge in [0.2, 0.25) is 0 Å². The van der Waals surface area contributed by atoms with E-state index in [0.29, 0.717) is 13.0 Å². The molecule has 1 aliphatic rings. The number of ether oxygens (including phenoxy) is 2. The van der Waals surface area contributed by atoms with Crippen LogP contribution in [0.2, 0.25) is 0 Å². The van der Waals surface area contributed by atoms with Gasteiger partial charge < -0.3 is 14.8 Å². The van der Waals surface area contributed by atoms with Crippen LogP contribution in [0.4, 0.5) is 8.78 Å². The summed E-state index contributed by atoms with van der Waals surface area (Å²) in [6.45, 7) is 4.54. The second-order valence-corrected chi connectivity index (χ2v) is 5.51. The van der Waals surface area contributed by atoms with Gasteiger partial charge in [0, 0.05) is 31.4 Å². The van der Waals surface area contributed by atoms with E-state index in [4.69, 9.17) is 9.47 Å². The highest BCUT2D eigenvalue weighted by Crippen LogP contribution is 2.27. The fourth-order valence-electron chi connectivity index (χ4n) is 2.90. The van der Waals surface area contributed by atoms with Crippen molar-refractivity contribution in [3.8, 4) is 0 Å². The van der Waals surface area contributed by atoms with Crippen molar-refractivity contribution in [1.82, 2.24) is 5.32 Å². The maximum atomic E-state index is 13.6. The molecule has 3 nitrogen and oxygen atoms in total. The van der Waals surface area contributed by atoms with Gasteiger partial charge in [0.15, 0.2) is 0 Å². The lowest BCUT2D eigenvalue weighted by Crippen LogP contribution is -2.61. The molecule has 0 radical (unpaired) electrons. The molecular weight excluding hydrogens is 276 g/mol. The molecule has 118 valence electrons. The molecule has 0 aliphatic heterocycles. The van der Waals surface area contributed by atoms with Crippen LogP contribution < -0.4 is 5.32 Å². The fourth-order valence-corrected chi connectivity index (χ4v) is 2.90. The van der Waals surface area contributed by atoms with Crippen LogP contribution >= 0.6 is 0 Å². The first-order valence-electron chi connectivity index (χ1n) is 7.40. The van der Waals surface area contributed by atoms with E-state index in [2.05, 4.69) is 5.32 Å². The summed E-state index contributed by atoms with van der Waals surface area (Å²) in [4.78, 5) is 0. The molecule has 1 aliphatic carbocycles. The molecule has 4 atom stereocenters. The summed E-state index contributed by atoms with van der Waals surface area (Å²) in [7, 11) is 1.66. The third kappa shape index (κ3) is 3.78. The van der Waals surface area contributed by atoms with Gasteiger partial charge in [-0.05, 0) is 38.8 Å². The molecule has 0 amide bonds. The predicted molar refractivity (Wildman–Crippen MR) is 77.3 cm³/mol. The lowest BCUT2D eigenvalue weighted by molar-refractivity contribution is -0.132. The van der Waals surface area contributed by atoms with Crippen molar-refractivity contribution >= 4 is 0 Å². The molecule has 21 heavy (non-hydrogen) atoms. The van der Waals surface area contributed by atoms with Crippen LogP contribution in [0.5, 0.6) is 0 Å². The minimum atomic E-state index is -0.493. The third-order valence-electron chi connectivity index (χ3n) is 3.97. The van der Waals surface area contributed by atoms with E-state index in [1.54, 1.807) is 7.11 Å². The van der Waals surface area contributed by atoms with Gasteiger partial charge in [0.25, 0.3) is 0 Å². The van der Waals surface area contributed by atoms with Crippen molar-refractivity contribution in [3.05, 3.63) is 35.4 Å². The molecule has 0 heterocycles. The van der Waals surface area contributed by atoms with Crippen LogP contribution in [-0.4, -0.2) is 38.0 Å². The molecule has 1 fully saturated rings. The monoisotopic (exact) mass is 299 g/mol. The zero-order valence-corrected chi connectivity index (χ0v) is 12.7. The molecule has 5 heteroatoms. The second-order valence-electron chi connectivity index (χ2n) is 5.51. The third-order valence-corrected chi connectivity index (χ3v) is 3.97. The Morgan fingerprint density at radius 1 is 1.33 bits per heavy atom. The van der Waals surface area contributed by atoms with Crippen LogP contribution in [0.15, 0.2) is 18.2 Å². The number of halogens is 2. The minimum Gasteiger partial charge on any atom is -0.377 e. The van der Waals surface area contributed by atoms with Crippen molar-refractivity contribution in [1.29, 1.82) is 0 Å². The first-order chi connectivity index (χ1) is 10.1. The molecular formula is C16H23F2NO2. The highest BCUT2D eigenvalue weighted by atomic mass is 19.1. The van der Waals surface area contributed by atoms with E-state index in [1.165, 1.54) is 18.2 Å². The van der Waals surface area contributed by atoms with Gasteiger partial charge in [-0.25, -0.2) is 8.78 Å².